The third-order valence-electron chi connectivity index (χ3n) is 3.84. The summed E-state index contributed by atoms with van der Waals surface area (Å²) in [7, 11) is 0. The predicted octanol–water partition coefficient (Wildman–Crippen LogP) is 5.38. The zero-order valence-corrected chi connectivity index (χ0v) is 14.1. The van der Waals surface area contributed by atoms with Crippen LogP contribution >= 0.6 is 39.1 Å². The van der Waals surface area contributed by atoms with Crippen LogP contribution in [0.25, 0.3) is 0 Å². The highest BCUT2D eigenvalue weighted by molar-refractivity contribution is 9.10. The van der Waals surface area contributed by atoms with E-state index >= 15 is 0 Å². The van der Waals surface area contributed by atoms with Crippen LogP contribution in [0.15, 0.2) is 16.6 Å². The highest BCUT2D eigenvalue weighted by Gasteiger charge is 2.22. The maximum Gasteiger partial charge on any atom is 0.321 e. The van der Waals surface area contributed by atoms with Crippen molar-refractivity contribution in [2.24, 2.45) is 0 Å². The van der Waals surface area contributed by atoms with Crippen LogP contribution in [-0.2, 0) is 11.2 Å². The molecule has 1 atom stereocenters. The number of halogens is 3. The quantitative estimate of drug-likeness (QED) is 0.712. The lowest BCUT2D eigenvalue weighted by atomic mass is 9.83. The van der Waals surface area contributed by atoms with Gasteiger partial charge in [0.05, 0.1) is 0 Å². The highest BCUT2D eigenvalue weighted by atomic mass is 79.9. The zero-order chi connectivity index (χ0) is 14.7. The molecule has 1 aromatic rings. The molecule has 2 nitrogen and oxygen atoms in total. The molecule has 0 amide bonds. The van der Waals surface area contributed by atoms with Gasteiger partial charge in [0.1, 0.15) is 5.38 Å². The van der Waals surface area contributed by atoms with Crippen molar-refractivity contribution in [3.8, 4) is 0 Å². The summed E-state index contributed by atoms with van der Waals surface area (Å²) in [5, 5.41) is 8.66. The van der Waals surface area contributed by atoms with Crippen LogP contribution < -0.4 is 0 Å². The molecule has 0 radical (unpaired) electrons. The minimum atomic E-state index is -1.00. The van der Waals surface area contributed by atoms with Crippen LogP contribution in [0.1, 0.15) is 49.1 Å². The fourth-order valence-corrected chi connectivity index (χ4v) is 4.35. The van der Waals surface area contributed by atoms with E-state index in [-0.39, 0.29) is 6.42 Å². The number of hydrogen-bond donors (Lipinski definition) is 1. The summed E-state index contributed by atoms with van der Waals surface area (Å²) < 4.78 is 0.973. The second-order valence-corrected chi connectivity index (χ2v) is 7.11. The molecule has 1 aliphatic carbocycles. The number of carbonyl (C=O) groups is 1. The van der Waals surface area contributed by atoms with Crippen LogP contribution in [-0.4, -0.2) is 16.5 Å². The van der Waals surface area contributed by atoms with Gasteiger partial charge in [-0.15, -0.1) is 11.6 Å². The van der Waals surface area contributed by atoms with E-state index in [0.29, 0.717) is 5.92 Å². The molecule has 1 aliphatic rings. The van der Waals surface area contributed by atoms with Crippen molar-refractivity contribution in [1.82, 2.24) is 0 Å². The number of carboxylic acid groups (broad SMARTS) is 1. The summed E-state index contributed by atoms with van der Waals surface area (Å²) in [4.78, 5) is 10.8. The van der Waals surface area contributed by atoms with E-state index in [1.54, 1.807) is 0 Å². The second kappa shape index (κ2) is 7.15. The largest absolute Gasteiger partial charge is 0.480 e. The lowest BCUT2D eigenvalue weighted by Crippen LogP contribution is -2.16. The lowest BCUT2D eigenvalue weighted by molar-refractivity contribution is -0.136. The molecule has 0 bridgehead atoms. The molecule has 1 saturated carbocycles. The molecule has 0 saturated heterocycles. The predicted molar refractivity (Wildman–Crippen MR) is 86.0 cm³/mol. The topological polar surface area (TPSA) is 37.3 Å². The zero-order valence-electron chi connectivity index (χ0n) is 11.0. The fraction of sp³-hybridized carbons (Fsp3) is 0.533. The van der Waals surface area contributed by atoms with E-state index in [9.17, 15) is 4.79 Å². The number of hydrogen-bond acceptors (Lipinski definition) is 1. The highest BCUT2D eigenvalue weighted by Crippen LogP contribution is 2.41. The van der Waals surface area contributed by atoms with Crippen LogP contribution in [0, 0.1) is 0 Å². The molecular formula is C15H17BrCl2O2. The van der Waals surface area contributed by atoms with Gasteiger partial charge in [0.2, 0.25) is 0 Å². The molecule has 110 valence electrons. The smallest absolute Gasteiger partial charge is 0.321 e. The van der Waals surface area contributed by atoms with E-state index in [0.717, 1.165) is 20.6 Å². The first-order chi connectivity index (χ1) is 9.49. The summed E-state index contributed by atoms with van der Waals surface area (Å²) in [6.45, 7) is 0. The average molecular weight is 380 g/mol. The van der Waals surface area contributed by atoms with E-state index in [1.165, 1.54) is 32.1 Å². The first kappa shape index (κ1) is 16.1. The first-order valence-electron chi connectivity index (χ1n) is 6.83. The number of aliphatic carboxylic acids is 1. The van der Waals surface area contributed by atoms with Gasteiger partial charge >= 0.3 is 5.97 Å². The van der Waals surface area contributed by atoms with Gasteiger partial charge in [-0.1, -0.05) is 46.8 Å². The van der Waals surface area contributed by atoms with E-state index in [2.05, 4.69) is 15.9 Å². The van der Waals surface area contributed by atoms with Crippen molar-refractivity contribution in [3.63, 3.8) is 0 Å². The fourth-order valence-electron chi connectivity index (χ4n) is 2.83. The Bertz CT molecular complexity index is 476. The van der Waals surface area contributed by atoms with Gasteiger partial charge < -0.3 is 5.11 Å². The molecule has 0 spiro atoms. The number of rotatable bonds is 4. The van der Waals surface area contributed by atoms with Gasteiger partial charge in [-0.05, 0) is 48.4 Å². The van der Waals surface area contributed by atoms with Crippen molar-refractivity contribution in [2.75, 3.05) is 0 Å². The van der Waals surface area contributed by atoms with E-state index in [4.69, 9.17) is 28.3 Å². The van der Waals surface area contributed by atoms with Crippen molar-refractivity contribution in [3.05, 3.63) is 32.8 Å². The Morgan fingerprint density at radius 3 is 2.55 bits per heavy atom. The minimum absolute atomic E-state index is 0.278. The molecule has 1 fully saturated rings. The number of alkyl halides is 1. The number of benzene rings is 1. The monoisotopic (exact) mass is 378 g/mol. The van der Waals surface area contributed by atoms with Crippen LogP contribution in [0.3, 0.4) is 0 Å². The SMILES string of the molecule is O=C(O)C(Cl)Cc1cc(Cl)c(C2CCCCC2)c(Br)c1. The molecule has 0 aliphatic heterocycles. The Labute approximate surface area is 137 Å². The minimum Gasteiger partial charge on any atom is -0.480 e. The maximum atomic E-state index is 10.8. The van der Waals surface area contributed by atoms with Crippen LogP contribution in [0.2, 0.25) is 5.02 Å². The van der Waals surface area contributed by atoms with Crippen LogP contribution in [0.5, 0.6) is 0 Å². The second-order valence-electron chi connectivity index (χ2n) is 5.32. The Balaban J connectivity index is 2.22. The normalized spacial score (nSPS) is 17.9. The van der Waals surface area contributed by atoms with Gasteiger partial charge in [-0.2, -0.15) is 0 Å². The molecule has 2 rings (SSSR count). The van der Waals surface area contributed by atoms with E-state index in [1.807, 2.05) is 12.1 Å². The van der Waals surface area contributed by atoms with Gasteiger partial charge in [-0.25, -0.2) is 0 Å². The standard InChI is InChI=1S/C15H17BrCl2O2/c16-11-6-9(8-13(18)15(19)20)7-12(17)14(11)10-4-2-1-3-5-10/h6-7,10,13H,1-5,8H2,(H,19,20). The Morgan fingerprint density at radius 1 is 1.35 bits per heavy atom. The first-order valence-corrected chi connectivity index (χ1v) is 8.44. The molecular weight excluding hydrogens is 363 g/mol. The molecule has 1 unspecified atom stereocenters. The van der Waals surface area contributed by atoms with Gasteiger partial charge in [0.15, 0.2) is 0 Å². The van der Waals surface area contributed by atoms with Crippen molar-refractivity contribution in [1.29, 1.82) is 0 Å². The molecule has 1 aromatic carbocycles. The lowest BCUT2D eigenvalue weighted by Gasteiger charge is -2.24. The van der Waals surface area contributed by atoms with Crippen molar-refractivity contribution >= 4 is 45.1 Å². The average Bonchev–Trinajstić information content (AvgIpc) is 2.39. The molecule has 0 heterocycles. The third-order valence-corrected chi connectivity index (χ3v) is 5.14. The summed E-state index contributed by atoms with van der Waals surface area (Å²) >= 11 is 15.8. The number of carboxylic acids is 1. The summed E-state index contributed by atoms with van der Waals surface area (Å²) in [5.74, 6) is -0.499. The molecule has 20 heavy (non-hydrogen) atoms. The van der Waals surface area contributed by atoms with E-state index < -0.39 is 11.3 Å². The van der Waals surface area contributed by atoms with Crippen molar-refractivity contribution in [2.45, 2.75) is 49.8 Å². The summed E-state index contributed by atoms with van der Waals surface area (Å²) in [5.41, 5.74) is 2.01. The Kier molecular flexibility index (Phi) is 5.76. The molecule has 5 heteroatoms. The summed E-state index contributed by atoms with van der Waals surface area (Å²) in [6.07, 6.45) is 6.42. The Hall–Kier alpha value is -0.250. The van der Waals surface area contributed by atoms with Gasteiger partial charge in [0, 0.05) is 9.50 Å². The van der Waals surface area contributed by atoms with Crippen LogP contribution in [0.4, 0.5) is 0 Å². The molecule has 0 aromatic heterocycles. The van der Waals surface area contributed by atoms with Gasteiger partial charge in [-0.3, -0.25) is 4.79 Å². The third kappa shape index (κ3) is 3.90. The Morgan fingerprint density at radius 2 is 2.00 bits per heavy atom. The van der Waals surface area contributed by atoms with Crippen molar-refractivity contribution < 1.29 is 9.90 Å². The summed E-state index contributed by atoms with van der Waals surface area (Å²) in [6, 6.07) is 3.81. The maximum absolute atomic E-state index is 10.8. The molecule has 1 N–H and O–H groups in total. The van der Waals surface area contributed by atoms with Gasteiger partial charge in [0.25, 0.3) is 0 Å².